The molecule has 16 nitrogen and oxygen atoms in total. The van der Waals surface area contributed by atoms with E-state index in [9.17, 15) is 0 Å². The molecule has 0 aliphatic rings. The lowest BCUT2D eigenvalue weighted by atomic mass is 10.0. The van der Waals surface area contributed by atoms with Gasteiger partial charge in [-0.15, -0.1) is 0 Å². The van der Waals surface area contributed by atoms with Gasteiger partial charge in [-0.25, -0.2) is 0 Å². The monoisotopic (exact) mass is 1000 g/mol. The Bertz CT molecular complexity index is 2360. The van der Waals surface area contributed by atoms with Crippen LogP contribution in [0.3, 0.4) is 0 Å². The van der Waals surface area contributed by atoms with Crippen molar-refractivity contribution in [3.8, 4) is 44.5 Å². The van der Waals surface area contributed by atoms with Crippen LogP contribution in [0.15, 0.2) is 146 Å². The first-order valence-corrected chi connectivity index (χ1v) is 19.8. The fraction of sp³-hybridized carbons (Fsp3) is 0. The molecule has 0 atom stereocenters. The van der Waals surface area contributed by atoms with Crippen molar-refractivity contribution in [1.82, 2.24) is 0 Å². The molecule has 0 saturated carbocycles. The zero-order chi connectivity index (χ0) is 46.8. The molecule has 8 aromatic carbocycles. The van der Waals surface area contributed by atoms with Crippen molar-refractivity contribution in [2.24, 2.45) is 0 Å². The number of hydrogen-bond donors (Lipinski definition) is 16. The van der Waals surface area contributed by atoms with Crippen LogP contribution in [0.5, 0.6) is 0 Å². The lowest BCUT2D eigenvalue weighted by Crippen LogP contribution is -3.00. The molecule has 360 valence electrons. The second-order valence-electron chi connectivity index (χ2n) is 15.0. The largest absolute Gasteiger partial charge is 1.00 e. The third-order valence-corrected chi connectivity index (χ3v) is 10.3. The van der Waals surface area contributed by atoms with Gasteiger partial charge in [-0.1, -0.05) is 24.3 Å². The van der Waals surface area contributed by atoms with E-state index in [0.29, 0.717) is 68.2 Å². The van der Waals surface area contributed by atoms with Gasteiger partial charge < -0.3 is 141 Å². The lowest BCUT2D eigenvalue weighted by Gasteiger charge is -2.06. The number of halogens is 4. The minimum atomic E-state index is 0. The number of benzene rings is 8. The highest BCUT2D eigenvalue weighted by atomic mass is 35.5. The highest BCUT2D eigenvalue weighted by Crippen LogP contribution is 2.31. The normalized spacial score (nSPS) is 9.71. The maximum atomic E-state index is 5.81. The summed E-state index contributed by atoms with van der Waals surface area (Å²) in [6.45, 7) is 0. The Balaban J connectivity index is 0.000000445. The summed E-state index contributed by atoms with van der Waals surface area (Å²) in [5.74, 6) is 0. The van der Waals surface area contributed by atoms with Gasteiger partial charge in [-0.3, -0.25) is 0 Å². The summed E-state index contributed by atoms with van der Waals surface area (Å²) in [7, 11) is 0. The van der Waals surface area contributed by atoms with Crippen LogP contribution in [0.4, 0.5) is 91.0 Å². The van der Waals surface area contributed by atoms with E-state index >= 15 is 0 Å². The SMILES string of the molecule is Nc1ccc(-c2ccc([NH3+])c(N)c2)cc1N.Nc1ccc(-c2ccc([NH3+])c(N)c2)cc1N.Nc1ccc(-c2ccc([NH3+])c(N)c2)cc1N.Nc1ccc(-c2ccc([NH3+])c(N)c2)cc1N.[Cl-].[Cl-].[Cl-].[Cl-]. The molecule has 8 rings (SSSR count). The summed E-state index contributed by atoms with van der Waals surface area (Å²) in [5.41, 5.74) is 103. The molecule has 0 saturated heterocycles. The fourth-order valence-electron chi connectivity index (χ4n) is 6.12. The number of quaternary nitrogens is 4. The van der Waals surface area contributed by atoms with Gasteiger partial charge in [0.2, 0.25) is 0 Å². The third-order valence-electron chi connectivity index (χ3n) is 10.3. The van der Waals surface area contributed by atoms with E-state index in [0.717, 1.165) is 67.3 Å². The topological polar surface area (TPSA) is 423 Å². The third kappa shape index (κ3) is 15.2. The van der Waals surface area contributed by atoms with Crippen molar-refractivity contribution in [2.75, 3.05) is 68.8 Å². The standard InChI is InChI=1S/4C12H14N4.4ClH/c4*13-9-3-1-7(5-11(9)15)8-2-4-10(14)12(16)6-8;;;;/h4*1-6H,13-16H2;4*1H. The van der Waals surface area contributed by atoms with Crippen molar-refractivity contribution in [3.05, 3.63) is 146 Å². The van der Waals surface area contributed by atoms with Crippen LogP contribution in [0.25, 0.3) is 44.5 Å². The Labute approximate surface area is 420 Å². The summed E-state index contributed by atoms with van der Waals surface area (Å²) < 4.78 is 0. The predicted molar refractivity (Wildman–Crippen MR) is 271 cm³/mol. The highest BCUT2D eigenvalue weighted by Gasteiger charge is 2.08. The van der Waals surface area contributed by atoms with Gasteiger partial charge in [-0.2, -0.15) is 0 Å². The minimum absolute atomic E-state index is 0. The smallest absolute Gasteiger partial charge is 0.151 e. The van der Waals surface area contributed by atoms with Crippen LogP contribution in [-0.4, -0.2) is 0 Å². The van der Waals surface area contributed by atoms with E-state index in [4.69, 9.17) is 68.8 Å². The first kappa shape index (κ1) is 58.4. The first-order chi connectivity index (χ1) is 30.3. The van der Waals surface area contributed by atoms with Gasteiger partial charge in [0.25, 0.3) is 0 Å². The average Bonchev–Trinajstić information content (AvgIpc) is 3.26. The van der Waals surface area contributed by atoms with Gasteiger partial charge in [-0.05, 0) is 142 Å². The second kappa shape index (κ2) is 25.9. The van der Waals surface area contributed by atoms with Gasteiger partial charge in [0.15, 0.2) is 22.7 Å². The summed E-state index contributed by atoms with van der Waals surface area (Å²) >= 11 is 0. The number of hydrogen-bond acceptors (Lipinski definition) is 12. The number of nitrogen functional groups attached to an aromatic ring is 12. The van der Waals surface area contributed by atoms with Crippen molar-refractivity contribution in [3.63, 3.8) is 0 Å². The molecule has 0 aromatic heterocycles. The Morgan fingerprint density at radius 2 is 0.309 bits per heavy atom. The summed E-state index contributed by atoms with van der Waals surface area (Å²) in [5, 5.41) is 0. The van der Waals surface area contributed by atoms with E-state index in [-0.39, 0.29) is 49.6 Å². The van der Waals surface area contributed by atoms with Crippen LogP contribution in [0, 0.1) is 0 Å². The van der Waals surface area contributed by atoms with Gasteiger partial charge >= 0.3 is 0 Å². The van der Waals surface area contributed by atoms with Crippen molar-refractivity contribution in [2.45, 2.75) is 0 Å². The number of rotatable bonds is 4. The first-order valence-electron chi connectivity index (χ1n) is 19.8. The molecule has 0 aliphatic carbocycles. The van der Waals surface area contributed by atoms with E-state index in [1.165, 1.54) is 0 Å². The maximum absolute atomic E-state index is 5.81. The summed E-state index contributed by atoms with van der Waals surface area (Å²) in [6.07, 6.45) is 0. The highest BCUT2D eigenvalue weighted by molar-refractivity contribution is 5.81. The van der Waals surface area contributed by atoms with Crippen molar-refractivity contribution >= 4 is 91.0 Å². The molecule has 0 unspecified atom stereocenters. The molecule has 0 heterocycles. The molecule has 68 heavy (non-hydrogen) atoms. The minimum Gasteiger partial charge on any atom is -1.00 e. The number of nitrogens with two attached hydrogens (primary N) is 12. The number of anilines is 12. The second-order valence-corrected chi connectivity index (χ2v) is 15.0. The molecule has 36 N–H and O–H groups in total. The maximum Gasteiger partial charge on any atom is 0.151 e. The molecule has 8 aromatic rings. The molecule has 0 fully saturated rings. The van der Waals surface area contributed by atoms with Gasteiger partial charge in [0.05, 0.1) is 68.2 Å². The molecule has 0 radical (unpaired) electrons. The van der Waals surface area contributed by atoms with E-state index in [2.05, 4.69) is 22.9 Å². The molecule has 0 bridgehead atoms. The molecular weight excluding hydrogens is 942 g/mol. The van der Waals surface area contributed by atoms with Gasteiger partial charge in [0, 0.05) is 24.3 Å². The Kier molecular flexibility index (Phi) is 22.2. The van der Waals surface area contributed by atoms with Crippen molar-refractivity contribution in [1.29, 1.82) is 0 Å². The van der Waals surface area contributed by atoms with E-state index < -0.39 is 0 Å². The van der Waals surface area contributed by atoms with Crippen LogP contribution in [-0.2, 0) is 0 Å². The van der Waals surface area contributed by atoms with Gasteiger partial charge in [0.1, 0.15) is 0 Å². The van der Waals surface area contributed by atoms with E-state index in [1.807, 2.05) is 121 Å². The Morgan fingerprint density at radius 1 is 0.176 bits per heavy atom. The molecule has 0 amide bonds. The van der Waals surface area contributed by atoms with E-state index in [1.54, 1.807) is 24.3 Å². The Hall–Kier alpha value is -7.64. The Morgan fingerprint density at radius 3 is 0.441 bits per heavy atom. The molecule has 20 heteroatoms. The van der Waals surface area contributed by atoms with Crippen LogP contribution >= 0.6 is 0 Å². The summed E-state index contributed by atoms with van der Waals surface area (Å²) in [4.78, 5) is 0. The zero-order valence-electron chi connectivity index (χ0n) is 37.1. The molecular formula is C48H60Cl4N16. The quantitative estimate of drug-likeness (QED) is 0.0732. The van der Waals surface area contributed by atoms with Crippen LogP contribution in [0.2, 0.25) is 0 Å². The molecule has 0 aliphatic heterocycles. The lowest BCUT2D eigenvalue weighted by molar-refractivity contribution is -0.254. The van der Waals surface area contributed by atoms with Crippen molar-refractivity contribution < 1.29 is 72.6 Å². The fourth-order valence-corrected chi connectivity index (χ4v) is 6.12. The van der Waals surface area contributed by atoms with Crippen LogP contribution < -0.4 is 141 Å². The molecule has 0 spiro atoms. The average molecular weight is 1000 g/mol. The zero-order valence-corrected chi connectivity index (χ0v) is 40.1. The summed E-state index contributed by atoms with van der Waals surface area (Å²) in [6, 6.07) is 45.1. The predicted octanol–water partition coefficient (Wildman–Crippen LogP) is -8.09. The van der Waals surface area contributed by atoms with Crippen LogP contribution in [0.1, 0.15) is 0 Å².